The zero-order chi connectivity index (χ0) is 26.6. The first-order valence-electron chi connectivity index (χ1n) is 12.7. The standard InChI is InChI=1S/C29H39NO5S/c1-17(13-23-16-36-20(4)30-23)24-11-10-21-8-7-9-22(14-21)12-18(2)27(33)19(3)28(34)29(5,6)25(31)15-26(32)35-24/h7-9,13-14,16,18-19,24-25,27,31,33H,10-12,15H2,1-6H3/b17-13+/t18-,19+,24-,25-,27-/m0/s1. The van der Waals surface area contributed by atoms with Crippen LogP contribution in [0.25, 0.3) is 6.08 Å². The molecule has 0 amide bonds. The van der Waals surface area contributed by atoms with Gasteiger partial charge in [-0.05, 0) is 61.8 Å². The van der Waals surface area contributed by atoms with Crippen LogP contribution in [-0.4, -0.2) is 45.3 Å². The number of cyclic esters (lactones) is 1. The van der Waals surface area contributed by atoms with Crippen molar-refractivity contribution in [1.29, 1.82) is 0 Å². The molecular weight excluding hydrogens is 474 g/mol. The maximum absolute atomic E-state index is 13.3. The molecule has 5 atom stereocenters. The molecule has 7 heteroatoms. The lowest BCUT2D eigenvalue weighted by atomic mass is 9.73. The second-order valence-corrected chi connectivity index (χ2v) is 11.8. The number of thiazole rings is 1. The molecule has 1 aromatic carbocycles. The van der Waals surface area contributed by atoms with E-state index in [0.717, 1.165) is 27.4 Å². The van der Waals surface area contributed by atoms with Gasteiger partial charge in [-0.3, -0.25) is 9.59 Å². The van der Waals surface area contributed by atoms with E-state index in [4.69, 9.17) is 4.74 Å². The third-order valence-electron chi connectivity index (χ3n) is 7.38. The van der Waals surface area contributed by atoms with Gasteiger partial charge in [-0.25, -0.2) is 4.98 Å². The highest BCUT2D eigenvalue weighted by Gasteiger charge is 2.42. The van der Waals surface area contributed by atoms with Gasteiger partial charge < -0.3 is 14.9 Å². The summed E-state index contributed by atoms with van der Waals surface area (Å²) in [7, 11) is 0. The van der Waals surface area contributed by atoms with Gasteiger partial charge in [0.2, 0.25) is 0 Å². The fourth-order valence-electron chi connectivity index (χ4n) is 4.87. The number of aryl methyl sites for hydroxylation is 2. The van der Waals surface area contributed by atoms with E-state index in [1.807, 2.05) is 50.4 Å². The van der Waals surface area contributed by atoms with Crippen molar-refractivity contribution in [2.45, 2.75) is 85.5 Å². The quantitative estimate of drug-likeness (QED) is 0.553. The Labute approximate surface area is 218 Å². The minimum absolute atomic E-state index is 0.149. The largest absolute Gasteiger partial charge is 0.458 e. The lowest BCUT2D eigenvalue weighted by Crippen LogP contribution is -2.46. The molecule has 6 nitrogen and oxygen atoms in total. The SMILES string of the molecule is C/C(=C\c1csc(C)n1)[C@@H]1CCc2cccc(c2)C[C@H](C)[C@H](O)[C@@H](C)C(=O)C(C)(C)[C@@H](O)CC(=O)O1. The number of ketones is 1. The van der Waals surface area contributed by atoms with Crippen LogP contribution in [0.15, 0.2) is 35.2 Å². The minimum Gasteiger partial charge on any atom is -0.458 e. The van der Waals surface area contributed by atoms with E-state index in [9.17, 15) is 19.8 Å². The summed E-state index contributed by atoms with van der Waals surface area (Å²) in [5, 5.41) is 24.8. The van der Waals surface area contributed by atoms with E-state index in [1.54, 1.807) is 32.1 Å². The van der Waals surface area contributed by atoms with E-state index in [-0.39, 0.29) is 18.1 Å². The molecule has 0 saturated carbocycles. The van der Waals surface area contributed by atoms with Crippen LogP contribution in [0.5, 0.6) is 0 Å². The monoisotopic (exact) mass is 513 g/mol. The second-order valence-electron chi connectivity index (χ2n) is 10.8. The number of carbonyl (C=O) groups excluding carboxylic acids is 2. The predicted molar refractivity (Wildman–Crippen MR) is 143 cm³/mol. The van der Waals surface area contributed by atoms with Crippen LogP contribution in [0.1, 0.15) is 69.3 Å². The topological polar surface area (TPSA) is 96.7 Å². The average molecular weight is 514 g/mol. The van der Waals surface area contributed by atoms with Crippen LogP contribution in [-0.2, 0) is 27.2 Å². The molecule has 1 aliphatic heterocycles. The van der Waals surface area contributed by atoms with Crippen LogP contribution in [0.4, 0.5) is 0 Å². The number of aliphatic hydroxyl groups excluding tert-OH is 2. The van der Waals surface area contributed by atoms with Gasteiger partial charge in [0.05, 0.1) is 34.7 Å². The van der Waals surface area contributed by atoms with Crippen LogP contribution in [0, 0.1) is 24.2 Å². The van der Waals surface area contributed by atoms with Gasteiger partial charge in [-0.2, -0.15) is 0 Å². The molecular formula is C29H39NO5S. The summed E-state index contributed by atoms with van der Waals surface area (Å²) in [6.45, 7) is 10.8. The number of benzene rings is 1. The Hall–Kier alpha value is -2.35. The van der Waals surface area contributed by atoms with Gasteiger partial charge in [-0.1, -0.05) is 52.0 Å². The number of aliphatic hydroxyl groups is 2. The molecule has 0 radical (unpaired) electrons. The number of aromatic nitrogens is 1. The number of carbonyl (C=O) groups is 2. The van der Waals surface area contributed by atoms with E-state index in [2.05, 4.69) is 11.1 Å². The number of ether oxygens (including phenoxy) is 1. The van der Waals surface area contributed by atoms with Crippen LogP contribution in [0.2, 0.25) is 0 Å². The molecule has 2 aromatic rings. The second kappa shape index (κ2) is 11.8. The number of nitrogens with zero attached hydrogens (tertiary/aromatic N) is 1. The summed E-state index contributed by atoms with van der Waals surface area (Å²) in [4.78, 5) is 30.7. The Bertz CT molecular complexity index is 1100. The summed E-state index contributed by atoms with van der Waals surface area (Å²) in [6, 6.07) is 8.21. The Morgan fingerprint density at radius 1 is 1.17 bits per heavy atom. The third kappa shape index (κ3) is 6.90. The molecule has 0 fully saturated rings. The van der Waals surface area contributed by atoms with Crippen molar-refractivity contribution in [3.05, 3.63) is 57.0 Å². The number of Topliss-reactive ketones (excluding diaryl/α,β-unsaturated/α-hetero) is 1. The average Bonchev–Trinajstić information content (AvgIpc) is 3.23. The molecule has 196 valence electrons. The summed E-state index contributed by atoms with van der Waals surface area (Å²) in [5.41, 5.74) is 2.69. The first kappa shape index (κ1) is 28.2. The number of rotatable bonds is 2. The third-order valence-corrected chi connectivity index (χ3v) is 8.17. The van der Waals surface area contributed by atoms with Crippen molar-refractivity contribution >= 4 is 29.2 Å². The summed E-state index contributed by atoms with van der Waals surface area (Å²) in [6.07, 6.45) is 0.976. The van der Waals surface area contributed by atoms with Crippen LogP contribution < -0.4 is 0 Å². The van der Waals surface area contributed by atoms with Gasteiger partial charge in [-0.15, -0.1) is 11.3 Å². The van der Waals surface area contributed by atoms with E-state index in [0.29, 0.717) is 19.3 Å². The number of hydrogen-bond acceptors (Lipinski definition) is 7. The zero-order valence-electron chi connectivity index (χ0n) is 22.2. The lowest BCUT2D eigenvalue weighted by molar-refractivity contribution is -0.154. The molecule has 36 heavy (non-hydrogen) atoms. The molecule has 1 aromatic heterocycles. The molecule has 2 N–H and O–H groups in total. The minimum atomic E-state index is -1.23. The lowest BCUT2D eigenvalue weighted by Gasteiger charge is -2.34. The number of fused-ring (bicyclic) bond motifs is 2. The fraction of sp³-hybridized carbons (Fsp3) is 0.552. The first-order valence-corrected chi connectivity index (χ1v) is 13.5. The maximum atomic E-state index is 13.3. The van der Waals surface area contributed by atoms with Crippen molar-refractivity contribution in [3.63, 3.8) is 0 Å². The van der Waals surface area contributed by atoms with Crippen molar-refractivity contribution in [2.24, 2.45) is 17.3 Å². The normalized spacial score (nSPS) is 28.6. The zero-order valence-corrected chi connectivity index (χ0v) is 23.0. The van der Waals surface area contributed by atoms with E-state index >= 15 is 0 Å². The number of hydrogen-bond donors (Lipinski definition) is 2. The molecule has 2 heterocycles. The Morgan fingerprint density at radius 3 is 2.53 bits per heavy atom. The smallest absolute Gasteiger partial charge is 0.309 e. The first-order chi connectivity index (χ1) is 16.9. The van der Waals surface area contributed by atoms with E-state index in [1.165, 1.54) is 0 Å². The molecule has 1 aliphatic rings. The highest BCUT2D eigenvalue weighted by Crippen LogP contribution is 2.32. The Morgan fingerprint density at radius 2 is 1.86 bits per heavy atom. The highest BCUT2D eigenvalue weighted by atomic mass is 32.1. The summed E-state index contributed by atoms with van der Waals surface area (Å²) < 4.78 is 5.88. The van der Waals surface area contributed by atoms with Crippen LogP contribution >= 0.6 is 11.3 Å². The molecule has 3 rings (SSSR count). The van der Waals surface area contributed by atoms with Gasteiger partial charge in [0.25, 0.3) is 0 Å². The molecule has 2 bridgehead atoms. The van der Waals surface area contributed by atoms with Crippen molar-refractivity contribution < 1.29 is 24.5 Å². The highest BCUT2D eigenvalue weighted by molar-refractivity contribution is 7.09. The van der Waals surface area contributed by atoms with Crippen molar-refractivity contribution in [1.82, 2.24) is 4.98 Å². The molecule has 0 aliphatic carbocycles. The summed E-state index contributed by atoms with van der Waals surface area (Å²) in [5.74, 6) is -1.66. The van der Waals surface area contributed by atoms with Gasteiger partial charge in [0.15, 0.2) is 0 Å². The van der Waals surface area contributed by atoms with Gasteiger partial charge in [0.1, 0.15) is 11.9 Å². The Kier molecular flexibility index (Phi) is 9.25. The van der Waals surface area contributed by atoms with Crippen molar-refractivity contribution in [2.75, 3.05) is 0 Å². The Balaban J connectivity index is 1.95. The number of esters is 1. The van der Waals surface area contributed by atoms with Crippen LogP contribution in [0.3, 0.4) is 0 Å². The van der Waals surface area contributed by atoms with Gasteiger partial charge in [0, 0.05) is 11.3 Å². The van der Waals surface area contributed by atoms with Crippen molar-refractivity contribution in [3.8, 4) is 0 Å². The maximum Gasteiger partial charge on any atom is 0.309 e. The van der Waals surface area contributed by atoms with Gasteiger partial charge >= 0.3 is 5.97 Å². The molecule has 0 spiro atoms. The molecule has 0 saturated heterocycles. The fourth-order valence-corrected chi connectivity index (χ4v) is 5.44. The molecule has 0 unspecified atom stereocenters. The van der Waals surface area contributed by atoms with E-state index < -0.39 is 35.6 Å². The predicted octanol–water partition coefficient (Wildman–Crippen LogP) is 4.93. The summed E-state index contributed by atoms with van der Waals surface area (Å²) >= 11 is 1.56.